The first kappa shape index (κ1) is 9.46. The molecule has 0 aliphatic carbocycles. The highest BCUT2D eigenvalue weighted by atomic mass is 31.2. The fourth-order valence-corrected chi connectivity index (χ4v) is 2.05. The molecule has 1 aromatic carbocycles. The van der Waals surface area contributed by atoms with E-state index in [1.54, 1.807) is 6.07 Å². The van der Waals surface area contributed by atoms with Crippen LogP contribution in [0.2, 0.25) is 0 Å². The van der Waals surface area contributed by atoms with E-state index in [2.05, 4.69) is 4.98 Å². The van der Waals surface area contributed by atoms with Crippen molar-refractivity contribution < 1.29 is 14.4 Å². The van der Waals surface area contributed by atoms with E-state index in [9.17, 15) is 4.57 Å². The summed E-state index contributed by atoms with van der Waals surface area (Å²) in [4.78, 5) is 20.5. The standard InChI is InChI=1S/C9H10NO3P/c11-14(12,13)6-8-5-7-3-1-2-4-9(7)10-8/h1-5,10H,6H2,(H2,11,12,13). The summed E-state index contributed by atoms with van der Waals surface area (Å²) in [5.74, 6) is 0. The molecule has 0 spiro atoms. The average Bonchev–Trinajstić information content (AvgIpc) is 2.42. The van der Waals surface area contributed by atoms with E-state index in [1.165, 1.54) is 0 Å². The van der Waals surface area contributed by atoms with Crippen molar-refractivity contribution in [1.82, 2.24) is 4.98 Å². The van der Waals surface area contributed by atoms with Crippen molar-refractivity contribution in [2.45, 2.75) is 6.16 Å². The lowest BCUT2D eigenvalue weighted by atomic mass is 10.2. The van der Waals surface area contributed by atoms with Crippen LogP contribution in [-0.4, -0.2) is 14.8 Å². The molecule has 0 fully saturated rings. The lowest BCUT2D eigenvalue weighted by molar-refractivity contribution is 0.371. The highest BCUT2D eigenvalue weighted by molar-refractivity contribution is 7.50. The number of rotatable bonds is 2. The van der Waals surface area contributed by atoms with E-state index in [1.807, 2.05) is 24.3 Å². The molecule has 0 saturated carbocycles. The van der Waals surface area contributed by atoms with Crippen LogP contribution in [0, 0.1) is 0 Å². The Balaban J connectivity index is 2.41. The summed E-state index contributed by atoms with van der Waals surface area (Å²) in [7, 11) is -3.97. The number of fused-ring (bicyclic) bond motifs is 1. The molecule has 0 aliphatic heterocycles. The molecule has 0 amide bonds. The number of para-hydroxylation sites is 1. The van der Waals surface area contributed by atoms with Crippen LogP contribution < -0.4 is 0 Å². The maximum atomic E-state index is 10.8. The molecule has 5 heteroatoms. The van der Waals surface area contributed by atoms with Gasteiger partial charge in [-0.1, -0.05) is 18.2 Å². The van der Waals surface area contributed by atoms with Gasteiger partial charge in [0, 0.05) is 11.2 Å². The van der Waals surface area contributed by atoms with Crippen molar-refractivity contribution in [3.63, 3.8) is 0 Å². The third kappa shape index (κ3) is 2.04. The third-order valence-corrected chi connectivity index (χ3v) is 2.71. The van der Waals surface area contributed by atoms with Gasteiger partial charge >= 0.3 is 7.60 Å². The summed E-state index contributed by atoms with van der Waals surface area (Å²) in [6, 6.07) is 9.29. The molecule has 1 aromatic heterocycles. The summed E-state index contributed by atoms with van der Waals surface area (Å²) in [6.45, 7) is 0. The van der Waals surface area contributed by atoms with E-state index in [0.29, 0.717) is 5.69 Å². The fraction of sp³-hybridized carbons (Fsp3) is 0.111. The van der Waals surface area contributed by atoms with Crippen molar-refractivity contribution in [3.05, 3.63) is 36.0 Å². The van der Waals surface area contributed by atoms with Crippen LogP contribution in [0.25, 0.3) is 10.9 Å². The molecule has 74 valence electrons. The van der Waals surface area contributed by atoms with Crippen LogP contribution in [0.5, 0.6) is 0 Å². The zero-order chi connectivity index (χ0) is 10.2. The topological polar surface area (TPSA) is 73.3 Å². The van der Waals surface area contributed by atoms with Crippen molar-refractivity contribution in [3.8, 4) is 0 Å². The van der Waals surface area contributed by atoms with E-state index in [0.717, 1.165) is 10.9 Å². The van der Waals surface area contributed by atoms with E-state index >= 15 is 0 Å². The Morgan fingerprint density at radius 1 is 1.29 bits per heavy atom. The first-order valence-corrected chi connectivity index (χ1v) is 5.95. The van der Waals surface area contributed by atoms with Gasteiger partial charge in [0.15, 0.2) is 0 Å². The lowest BCUT2D eigenvalue weighted by Crippen LogP contribution is -1.85. The predicted octanol–water partition coefficient (Wildman–Crippen LogP) is 1.85. The second kappa shape index (κ2) is 3.24. The first-order chi connectivity index (χ1) is 6.54. The number of H-pyrrole nitrogens is 1. The first-order valence-electron chi connectivity index (χ1n) is 4.16. The molecule has 0 saturated heterocycles. The average molecular weight is 211 g/mol. The molecule has 2 aromatic rings. The van der Waals surface area contributed by atoms with Crippen LogP contribution in [0.1, 0.15) is 5.69 Å². The Bertz CT molecular complexity index is 466. The smallest absolute Gasteiger partial charge is 0.331 e. The number of nitrogens with one attached hydrogen (secondary N) is 1. The molecular formula is C9H10NO3P. The quantitative estimate of drug-likeness (QED) is 0.663. The number of hydrogen-bond donors (Lipinski definition) is 3. The van der Waals surface area contributed by atoms with Crippen molar-refractivity contribution in [1.29, 1.82) is 0 Å². The minimum absolute atomic E-state index is 0.234. The fourth-order valence-electron chi connectivity index (χ4n) is 1.44. The van der Waals surface area contributed by atoms with Gasteiger partial charge in [-0.2, -0.15) is 0 Å². The Morgan fingerprint density at radius 2 is 2.00 bits per heavy atom. The molecule has 0 unspecified atom stereocenters. The third-order valence-electron chi connectivity index (χ3n) is 1.96. The zero-order valence-electron chi connectivity index (χ0n) is 7.34. The molecule has 14 heavy (non-hydrogen) atoms. The monoisotopic (exact) mass is 211 g/mol. The highest BCUT2D eigenvalue weighted by Gasteiger charge is 2.15. The molecule has 0 radical (unpaired) electrons. The van der Waals surface area contributed by atoms with Crippen LogP contribution in [-0.2, 0) is 10.7 Å². The summed E-state index contributed by atoms with van der Waals surface area (Å²) >= 11 is 0. The van der Waals surface area contributed by atoms with Gasteiger partial charge in [0.25, 0.3) is 0 Å². The minimum atomic E-state index is -3.97. The van der Waals surface area contributed by atoms with Crippen LogP contribution >= 0.6 is 7.60 Å². The van der Waals surface area contributed by atoms with Crippen molar-refractivity contribution in [2.75, 3.05) is 0 Å². The summed E-state index contributed by atoms with van der Waals surface area (Å²) in [6.07, 6.45) is -0.234. The molecular weight excluding hydrogens is 201 g/mol. The normalized spacial score (nSPS) is 12.1. The Hall–Kier alpha value is -1.09. The number of hydrogen-bond acceptors (Lipinski definition) is 1. The maximum absolute atomic E-state index is 10.8. The molecule has 1 heterocycles. The van der Waals surface area contributed by atoms with E-state index < -0.39 is 7.60 Å². The van der Waals surface area contributed by atoms with Crippen LogP contribution in [0.4, 0.5) is 0 Å². The van der Waals surface area contributed by atoms with Gasteiger partial charge in [0.05, 0.1) is 6.16 Å². The number of aromatic amines is 1. The van der Waals surface area contributed by atoms with Crippen molar-refractivity contribution in [2.24, 2.45) is 0 Å². The van der Waals surface area contributed by atoms with Gasteiger partial charge in [-0.25, -0.2) is 0 Å². The summed E-state index contributed by atoms with van der Waals surface area (Å²) in [5.41, 5.74) is 1.47. The minimum Gasteiger partial charge on any atom is -0.358 e. The van der Waals surface area contributed by atoms with Gasteiger partial charge in [-0.05, 0) is 17.5 Å². The van der Waals surface area contributed by atoms with E-state index in [4.69, 9.17) is 9.79 Å². The zero-order valence-corrected chi connectivity index (χ0v) is 8.24. The summed E-state index contributed by atoms with van der Waals surface area (Å²) < 4.78 is 10.8. The van der Waals surface area contributed by atoms with E-state index in [-0.39, 0.29) is 6.16 Å². The molecule has 2 rings (SSSR count). The van der Waals surface area contributed by atoms with Crippen LogP contribution in [0.3, 0.4) is 0 Å². The van der Waals surface area contributed by atoms with Crippen molar-refractivity contribution >= 4 is 18.5 Å². The largest absolute Gasteiger partial charge is 0.358 e. The maximum Gasteiger partial charge on any atom is 0.331 e. The van der Waals surface area contributed by atoms with Gasteiger partial charge in [-0.3, -0.25) is 4.57 Å². The molecule has 3 N–H and O–H groups in total. The Morgan fingerprint density at radius 3 is 2.64 bits per heavy atom. The second-order valence-corrected chi connectivity index (χ2v) is 4.85. The molecule has 4 nitrogen and oxygen atoms in total. The lowest BCUT2D eigenvalue weighted by Gasteiger charge is -1.99. The van der Waals surface area contributed by atoms with Gasteiger partial charge in [0.1, 0.15) is 0 Å². The SMILES string of the molecule is O=P(O)(O)Cc1cc2ccccc2[nH]1. The molecule has 0 aliphatic rings. The van der Waals surface area contributed by atoms with Gasteiger partial charge in [0.2, 0.25) is 0 Å². The Kier molecular flexibility index (Phi) is 2.19. The number of aromatic nitrogens is 1. The highest BCUT2D eigenvalue weighted by Crippen LogP contribution is 2.39. The number of benzene rings is 1. The second-order valence-electron chi connectivity index (χ2n) is 3.20. The Labute approximate surface area is 80.7 Å². The van der Waals surface area contributed by atoms with Gasteiger partial charge in [-0.15, -0.1) is 0 Å². The summed E-state index contributed by atoms with van der Waals surface area (Å²) in [5, 5.41) is 0.968. The van der Waals surface area contributed by atoms with Gasteiger partial charge < -0.3 is 14.8 Å². The predicted molar refractivity (Wildman–Crippen MR) is 54.0 cm³/mol. The van der Waals surface area contributed by atoms with Crippen LogP contribution in [0.15, 0.2) is 30.3 Å². The molecule has 0 atom stereocenters. The molecule has 0 bridgehead atoms.